The van der Waals surface area contributed by atoms with Gasteiger partial charge in [-0.2, -0.15) is 5.26 Å². The Morgan fingerprint density at radius 2 is 2.16 bits per heavy atom. The fourth-order valence-electron chi connectivity index (χ4n) is 2.17. The van der Waals surface area contributed by atoms with Crippen molar-refractivity contribution >= 4 is 23.3 Å². The van der Waals surface area contributed by atoms with Crippen molar-refractivity contribution in [3.05, 3.63) is 28.8 Å². The summed E-state index contributed by atoms with van der Waals surface area (Å²) in [6.45, 7) is 1.31. The number of nitrogens with zero attached hydrogens (tertiary/aromatic N) is 2. The summed E-state index contributed by atoms with van der Waals surface area (Å²) in [5.74, 6) is 0. The van der Waals surface area contributed by atoms with Crippen LogP contribution in [0.2, 0.25) is 5.02 Å². The van der Waals surface area contributed by atoms with Gasteiger partial charge < -0.3 is 16.0 Å². The fourth-order valence-corrected chi connectivity index (χ4v) is 2.40. The summed E-state index contributed by atoms with van der Waals surface area (Å²) in [7, 11) is 0. The third-order valence-electron chi connectivity index (χ3n) is 3.26. The maximum Gasteiger partial charge on any atom is 0.314 e. The third kappa shape index (κ3) is 3.30. The molecule has 2 rings (SSSR count). The number of halogens is 1. The second kappa shape index (κ2) is 5.81. The van der Waals surface area contributed by atoms with Crippen molar-refractivity contribution in [3.63, 3.8) is 0 Å². The van der Waals surface area contributed by atoms with Crippen LogP contribution in [0.15, 0.2) is 18.2 Å². The predicted molar refractivity (Wildman–Crippen MR) is 74.0 cm³/mol. The maximum absolute atomic E-state index is 11.0. The molecule has 5 nitrogen and oxygen atoms in total. The number of urea groups is 1. The molecule has 1 aromatic rings. The van der Waals surface area contributed by atoms with Crippen molar-refractivity contribution in [1.82, 2.24) is 4.90 Å². The molecular formula is C13H15ClN4O. The first-order chi connectivity index (χ1) is 9.10. The molecule has 1 fully saturated rings. The van der Waals surface area contributed by atoms with Crippen molar-refractivity contribution in [3.8, 4) is 6.07 Å². The van der Waals surface area contributed by atoms with E-state index in [4.69, 9.17) is 22.6 Å². The molecule has 1 aliphatic heterocycles. The number of likely N-dealkylation sites (tertiary alicyclic amines) is 1. The monoisotopic (exact) mass is 278 g/mol. The first-order valence-electron chi connectivity index (χ1n) is 6.10. The number of anilines is 1. The summed E-state index contributed by atoms with van der Waals surface area (Å²) >= 11 is 6.11. The number of hydrogen-bond acceptors (Lipinski definition) is 3. The number of amides is 2. The molecule has 0 bridgehead atoms. The number of carbonyl (C=O) groups is 1. The first-order valence-corrected chi connectivity index (χ1v) is 6.48. The summed E-state index contributed by atoms with van der Waals surface area (Å²) in [5, 5.41) is 12.7. The lowest BCUT2D eigenvalue weighted by molar-refractivity contribution is 0.193. The van der Waals surface area contributed by atoms with Crippen LogP contribution < -0.4 is 11.1 Å². The number of piperidine rings is 1. The van der Waals surface area contributed by atoms with Gasteiger partial charge in [-0.05, 0) is 31.0 Å². The number of carbonyl (C=O) groups excluding carboxylic acids is 1. The summed E-state index contributed by atoms with van der Waals surface area (Å²) in [5.41, 5.74) is 6.59. The lowest BCUT2D eigenvalue weighted by Crippen LogP contribution is -2.44. The Bertz CT molecular complexity index is 518. The van der Waals surface area contributed by atoms with Crippen LogP contribution in [0.3, 0.4) is 0 Å². The Labute approximate surface area is 116 Å². The summed E-state index contributed by atoms with van der Waals surface area (Å²) in [6.07, 6.45) is 1.67. The van der Waals surface area contributed by atoms with E-state index in [-0.39, 0.29) is 12.1 Å². The van der Waals surface area contributed by atoms with E-state index in [9.17, 15) is 4.79 Å². The first kappa shape index (κ1) is 13.5. The highest BCUT2D eigenvalue weighted by molar-refractivity contribution is 6.33. The highest BCUT2D eigenvalue weighted by Crippen LogP contribution is 2.25. The van der Waals surface area contributed by atoms with Crippen LogP contribution in [0.1, 0.15) is 18.4 Å². The van der Waals surface area contributed by atoms with Gasteiger partial charge in [-0.3, -0.25) is 0 Å². The van der Waals surface area contributed by atoms with Crippen molar-refractivity contribution < 1.29 is 4.79 Å². The number of benzene rings is 1. The molecule has 0 saturated carbocycles. The lowest BCUT2D eigenvalue weighted by Gasteiger charge is -2.31. The molecule has 1 aromatic carbocycles. The third-order valence-corrected chi connectivity index (χ3v) is 3.58. The van der Waals surface area contributed by atoms with Crippen molar-refractivity contribution in [2.45, 2.75) is 18.9 Å². The van der Waals surface area contributed by atoms with Gasteiger partial charge in [-0.25, -0.2) is 4.79 Å². The SMILES string of the molecule is N#Cc1ccc(NC2CCN(C(N)=O)CC2)c(Cl)c1. The Kier molecular flexibility index (Phi) is 4.13. The van der Waals surface area contributed by atoms with Gasteiger partial charge in [0.05, 0.1) is 22.3 Å². The van der Waals surface area contributed by atoms with Crippen molar-refractivity contribution in [1.29, 1.82) is 5.26 Å². The second-order valence-electron chi connectivity index (χ2n) is 4.55. The van der Waals surface area contributed by atoms with Gasteiger partial charge in [0.2, 0.25) is 0 Å². The van der Waals surface area contributed by atoms with Gasteiger partial charge in [0.25, 0.3) is 0 Å². The van der Waals surface area contributed by atoms with Gasteiger partial charge in [-0.15, -0.1) is 0 Å². The van der Waals surface area contributed by atoms with E-state index in [0.29, 0.717) is 23.7 Å². The highest BCUT2D eigenvalue weighted by atomic mass is 35.5. The summed E-state index contributed by atoms with van der Waals surface area (Å²) in [6, 6.07) is 7.12. The highest BCUT2D eigenvalue weighted by Gasteiger charge is 2.21. The Hall–Kier alpha value is -1.93. The minimum Gasteiger partial charge on any atom is -0.381 e. The second-order valence-corrected chi connectivity index (χ2v) is 4.96. The average Bonchev–Trinajstić information content (AvgIpc) is 2.41. The maximum atomic E-state index is 11.0. The van der Waals surface area contributed by atoms with E-state index in [1.165, 1.54) is 0 Å². The van der Waals surface area contributed by atoms with Crippen LogP contribution >= 0.6 is 11.6 Å². The number of hydrogen-bond donors (Lipinski definition) is 2. The number of primary amides is 1. The molecule has 6 heteroatoms. The molecule has 3 N–H and O–H groups in total. The van der Waals surface area contributed by atoms with Gasteiger partial charge in [-0.1, -0.05) is 11.6 Å². The number of nitrogens with two attached hydrogens (primary N) is 1. The van der Waals surface area contributed by atoms with Crippen LogP contribution in [-0.2, 0) is 0 Å². The van der Waals surface area contributed by atoms with Gasteiger partial charge >= 0.3 is 6.03 Å². The Morgan fingerprint density at radius 3 is 2.68 bits per heavy atom. The molecule has 1 saturated heterocycles. The number of nitriles is 1. The smallest absolute Gasteiger partial charge is 0.314 e. The molecule has 0 spiro atoms. The fraction of sp³-hybridized carbons (Fsp3) is 0.385. The van der Waals surface area contributed by atoms with Crippen LogP contribution in [0.5, 0.6) is 0 Å². The normalized spacial score (nSPS) is 15.9. The zero-order valence-electron chi connectivity index (χ0n) is 10.4. The zero-order chi connectivity index (χ0) is 13.8. The zero-order valence-corrected chi connectivity index (χ0v) is 11.2. The Balaban J connectivity index is 1.96. The van der Waals surface area contributed by atoms with Crippen molar-refractivity contribution in [2.24, 2.45) is 5.73 Å². The number of rotatable bonds is 2. The Morgan fingerprint density at radius 1 is 1.47 bits per heavy atom. The summed E-state index contributed by atoms with van der Waals surface area (Å²) in [4.78, 5) is 12.7. The molecule has 0 atom stereocenters. The molecule has 19 heavy (non-hydrogen) atoms. The van der Waals surface area contributed by atoms with E-state index in [1.54, 1.807) is 23.1 Å². The van der Waals surface area contributed by atoms with Crippen LogP contribution in [0.25, 0.3) is 0 Å². The molecule has 0 radical (unpaired) electrons. The largest absolute Gasteiger partial charge is 0.381 e. The average molecular weight is 279 g/mol. The molecule has 1 heterocycles. The van der Waals surface area contributed by atoms with E-state index >= 15 is 0 Å². The molecule has 0 aliphatic carbocycles. The van der Waals surface area contributed by atoms with E-state index in [2.05, 4.69) is 5.32 Å². The molecule has 100 valence electrons. The van der Waals surface area contributed by atoms with Gasteiger partial charge in [0.1, 0.15) is 0 Å². The minimum atomic E-state index is -0.366. The van der Waals surface area contributed by atoms with E-state index < -0.39 is 0 Å². The predicted octanol–water partition coefficient (Wildman–Crippen LogP) is 2.17. The van der Waals surface area contributed by atoms with Gasteiger partial charge in [0, 0.05) is 19.1 Å². The summed E-state index contributed by atoms with van der Waals surface area (Å²) < 4.78 is 0. The van der Waals surface area contributed by atoms with Crippen LogP contribution in [0.4, 0.5) is 10.5 Å². The molecular weight excluding hydrogens is 264 g/mol. The standard InChI is InChI=1S/C13H15ClN4O/c14-11-7-9(8-15)1-2-12(11)17-10-3-5-18(6-4-10)13(16)19/h1-2,7,10,17H,3-6H2,(H2,16,19). The molecule has 0 unspecified atom stereocenters. The molecule has 0 aromatic heterocycles. The van der Waals surface area contributed by atoms with Crippen LogP contribution in [-0.4, -0.2) is 30.1 Å². The molecule has 2 amide bonds. The number of nitrogens with one attached hydrogen (secondary N) is 1. The molecule has 1 aliphatic rings. The quantitative estimate of drug-likeness (QED) is 0.870. The lowest BCUT2D eigenvalue weighted by atomic mass is 10.0. The van der Waals surface area contributed by atoms with E-state index in [0.717, 1.165) is 18.5 Å². The topological polar surface area (TPSA) is 82.2 Å². The van der Waals surface area contributed by atoms with Crippen LogP contribution in [0, 0.1) is 11.3 Å². The minimum absolute atomic E-state index is 0.265. The van der Waals surface area contributed by atoms with Crippen molar-refractivity contribution in [2.75, 3.05) is 18.4 Å². The van der Waals surface area contributed by atoms with E-state index in [1.807, 2.05) is 6.07 Å². The van der Waals surface area contributed by atoms with Gasteiger partial charge in [0.15, 0.2) is 0 Å².